The molecule has 0 amide bonds. The van der Waals surface area contributed by atoms with E-state index >= 15 is 0 Å². The van der Waals surface area contributed by atoms with Crippen LogP contribution in [0.25, 0.3) is 0 Å². The van der Waals surface area contributed by atoms with E-state index in [4.69, 9.17) is 4.74 Å². The molecule has 0 heterocycles. The van der Waals surface area contributed by atoms with Gasteiger partial charge in [0.05, 0.1) is 7.11 Å². The van der Waals surface area contributed by atoms with E-state index in [0.717, 1.165) is 31.4 Å². The number of rotatable bonds is 3. The van der Waals surface area contributed by atoms with Crippen molar-refractivity contribution in [3.63, 3.8) is 0 Å². The smallest absolute Gasteiger partial charge is 0.143 e. The number of carbonyl (C=O) groups excluding carboxylic acids is 1. The van der Waals surface area contributed by atoms with Gasteiger partial charge in [-0.25, -0.2) is 0 Å². The third-order valence-corrected chi connectivity index (χ3v) is 5.97. The molecule has 0 saturated heterocycles. The fraction of sp³-hybridized carbons (Fsp3) is 0.476. The largest absolute Gasteiger partial charge is 0.496 e. The van der Waals surface area contributed by atoms with Crippen molar-refractivity contribution in [3.8, 4) is 5.75 Å². The summed E-state index contributed by atoms with van der Waals surface area (Å²) in [6.07, 6.45) is 6.50. The van der Waals surface area contributed by atoms with Crippen molar-refractivity contribution in [3.05, 3.63) is 53.6 Å². The summed E-state index contributed by atoms with van der Waals surface area (Å²) in [5.74, 6) is 1.31. The zero-order chi connectivity index (χ0) is 16.7. The Morgan fingerprint density at radius 1 is 1.22 bits per heavy atom. The van der Waals surface area contributed by atoms with Crippen LogP contribution >= 0.6 is 0 Å². The molecule has 2 atom stereocenters. The lowest BCUT2D eigenvalue weighted by Gasteiger charge is -2.50. The lowest BCUT2D eigenvalue weighted by molar-refractivity contribution is -0.128. The van der Waals surface area contributed by atoms with E-state index < -0.39 is 0 Å². The molecule has 122 valence electrons. The Morgan fingerprint density at radius 2 is 1.96 bits per heavy atom. The molecular formula is C21H26O2. The predicted molar refractivity (Wildman–Crippen MR) is 93.6 cm³/mol. The van der Waals surface area contributed by atoms with Gasteiger partial charge in [-0.15, -0.1) is 0 Å². The molecule has 0 aromatic heterocycles. The number of fused-ring (bicyclic) bond motifs is 1. The third kappa shape index (κ3) is 2.45. The third-order valence-electron chi connectivity index (χ3n) is 5.97. The number of methoxy groups -OCH3 is 1. The van der Waals surface area contributed by atoms with Crippen LogP contribution in [0.15, 0.2) is 48.1 Å². The van der Waals surface area contributed by atoms with E-state index in [0.29, 0.717) is 12.2 Å². The van der Waals surface area contributed by atoms with Crippen molar-refractivity contribution in [2.24, 2.45) is 10.8 Å². The van der Waals surface area contributed by atoms with Gasteiger partial charge in [-0.3, -0.25) is 4.79 Å². The van der Waals surface area contributed by atoms with Crippen LogP contribution in [0.4, 0.5) is 0 Å². The molecule has 2 aliphatic carbocycles. The Balaban J connectivity index is 2.05. The molecule has 0 aliphatic heterocycles. The highest BCUT2D eigenvalue weighted by molar-refractivity contribution is 5.89. The first-order valence-corrected chi connectivity index (χ1v) is 8.46. The number of hydrogen-bond donors (Lipinski definition) is 0. The second-order valence-corrected chi connectivity index (χ2v) is 7.34. The quantitative estimate of drug-likeness (QED) is 0.743. The predicted octanol–water partition coefficient (Wildman–Crippen LogP) is 4.89. The van der Waals surface area contributed by atoms with E-state index in [1.54, 1.807) is 7.11 Å². The normalized spacial score (nSPS) is 30.7. The Labute approximate surface area is 139 Å². The molecule has 1 fully saturated rings. The summed E-state index contributed by atoms with van der Waals surface area (Å²) in [5.41, 5.74) is 3.22. The molecule has 1 aromatic rings. The molecule has 23 heavy (non-hydrogen) atoms. The summed E-state index contributed by atoms with van der Waals surface area (Å²) < 4.78 is 5.53. The van der Waals surface area contributed by atoms with Crippen LogP contribution in [-0.4, -0.2) is 12.9 Å². The number of carbonyl (C=O) groups is 1. The number of ether oxygens (including phenoxy) is 1. The first-order valence-electron chi connectivity index (χ1n) is 8.46. The molecule has 2 heteroatoms. The fourth-order valence-electron chi connectivity index (χ4n) is 4.42. The number of Topliss-reactive ketones (excluding diaryl/α,β-unsaturated/α-hetero) is 1. The van der Waals surface area contributed by atoms with Gasteiger partial charge in [0.25, 0.3) is 0 Å². The highest BCUT2D eigenvalue weighted by Crippen LogP contribution is 2.57. The highest BCUT2D eigenvalue weighted by Gasteiger charge is 2.50. The van der Waals surface area contributed by atoms with Crippen molar-refractivity contribution in [2.45, 2.75) is 46.0 Å². The first kappa shape index (κ1) is 16.0. The second-order valence-electron chi connectivity index (χ2n) is 7.34. The maximum Gasteiger partial charge on any atom is 0.143 e. The van der Waals surface area contributed by atoms with Gasteiger partial charge in [-0.05, 0) is 44.2 Å². The molecule has 3 rings (SSSR count). The van der Waals surface area contributed by atoms with Gasteiger partial charge in [0, 0.05) is 17.3 Å². The zero-order valence-corrected chi connectivity index (χ0v) is 14.4. The summed E-state index contributed by atoms with van der Waals surface area (Å²) >= 11 is 0. The van der Waals surface area contributed by atoms with Gasteiger partial charge in [0.15, 0.2) is 0 Å². The zero-order valence-electron chi connectivity index (χ0n) is 14.4. The van der Waals surface area contributed by atoms with Crippen molar-refractivity contribution in [1.82, 2.24) is 0 Å². The number of benzene rings is 1. The molecule has 2 nitrogen and oxygen atoms in total. The molecular weight excluding hydrogens is 284 g/mol. The second kappa shape index (κ2) is 5.67. The minimum absolute atomic E-state index is 0.169. The first-order chi connectivity index (χ1) is 10.9. The monoisotopic (exact) mass is 310 g/mol. The minimum Gasteiger partial charge on any atom is -0.496 e. The molecule has 1 saturated carbocycles. The van der Waals surface area contributed by atoms with Crippen LogP contribution < -0.4 is 4.74 Å². The molecule has 0 radical (unpaired) electrons. The summed E-state index contributed by atoms with van der Waals surface area (Å²) in [6.45, 7) is 8.76. The Bertz CT molecular complexity index is 685. The van der Waals surface area contributed by atoms with E-state index in [1.165, 1.54) is 16.7 Å². The van der Waals surface area contributed by atoms with E-state index in [-0.39, 0.29) is 10.8 Å². The van der Waals surface area contributed by atoms with Gasteiger partial charge in [-0.2, -0.15) is 0 Å². The maximum absolute atomic E-state index is 12.6. The van der Waals surface area contributed by atoms with Gasteiger partial charge < -0.3 is 4.74 Å². The van der Waals surface area contributed by atoms with E-state index in [1.807, 2.05) is 18.2 Å². The SMILES string of the molecule is C=C1CC[C@]2(C)C(=O)CCC=C2[C@]1(C)Cc1ccccc1OC. The summed E-state index contributed by atoms with van der Waals surface area (Å²) in [5, 5.41) is 0. The Morgan fingerprint density at radius 3 is 2.70 bits per heavy atom. The summed E-state index contributed by atoms with van der Waals surface area (Å²) in [6, 6.07) is 8.17. The average molecular weight is 310 g/mol. The lowest BCUT2D eigenvalue weighted by atomic mass is 9.53. The Kier molecular flexibility index (Phi) is 3.95. The van der Waals surface area contributed by atoms with Crippen molar-refractivity contribution < 1.29 is 9.53 Å². The van der Waals surface area contributed by atoms with Crippen LogP contribution in [0.3, 0.4) is 0 Å². The van der Waals surface area contributed by atoms with Gasteiger partial charge >= 0.3 is 0 Å². The number of para-hydroxylation sites is 1. The summed E-state index contributed by atoms with van der Waals surface area (Å²) in [7, 11) is 1.71. The maximum atomic E-state index is 12.6. The van der Waals surface area contributed by atoms with Crippen LogP contribution in [0, 0.1) is 10.8 Å². The van der Waals surface area contributed by atoms with Gasteiger partial charge in [-0.1, -0.05) is 48.9 Å². The van der Waals surface area contributed by atoms with Gasteiger partial charge in [0.1, 0.15) is 11.5 Å². The molecule has 0 N–H and O–H groups in total. The molecule has 2 aliphatic rings. The molecule has 0 bridgehead atoms. The lowest BCUT2D eigenvalue weighted by Crippen LogP contribution is -2.45. The highest BCUT2D eigenvalue weighted by atomic mass is 16.5. The number of allylic oxidation sites excluding steroid dienone is 3. The van der Waals surface area contributed by atoms with E-state index in [9.17, 15) is 4.79 Å². The standard InChI is InChI=1S/C21H26O2/c1-15-12-13-20(2)18(10-7-11-19(20)22)21(15,3)14-16-8-5-6-9-17(16)23-4/h5-6,8-10H,1,7,11-14H2,2-4H3/t20-,21+/m0/s1. The van der Waals surface area contributed by atoms with Crippen molar-refractivity contribution in [2.75, 3.05) is 7.11 Å². The van der Waals surface area contributed by atoms with Crippen LogP contribution in [0.5, 0.6) is 5.75 Å². The van der Waals surface area contributed by atoms with E-state index in [2.05, 4.69) is 32.6 Å². The molecule has 0 unspecified atom stereocenters. The fourth-order valence-corrected chi connectivity index (χ4v) is 4.42. The van der Waals surface area contributed by atoms with Crippen LogP contribution in [0.1, 0.15) is 45.1 Å². The summed E-state index contributed by atoms with van der Waals surface area (Å²) in [4.78, 5) is 12.6. The van der Waals surface area contributed by atoms with Crippen LogP contribution in [0.2, 0.25) is 0 Å². The van der Waals surface area contributed by atoms with Crippen molar-refractivity contribution >= 4 is 5.78 Å². The van der Waals surface area contributed by atoms with Crippen molar-refractivity contribution in [1.29, 1.82) is 0 Å². The topological polar surface area (TPSA) is 26.3 Å². The molecule has 1 aromatic carbocycles. The average Bonchev–Trinajstić information content (AvgIpc) is 2.54. The minimum atomic E-state index is -0.309. The van der Waals surface area contributed by atoms with Gasteiger partial charge in [0.2, 0.25) is 0 Å². The Hall–Kier alpha value is -1.83. The number of ketones is 1. The number of hydrogen-bond acceptors (Lipinski definition) is 2. The molecule has 0 spiro atoms. The van der Waals surface area contributed by atoms with Crippen LogP contribution in [-0.2, 0) is 11.2 Å².